The molecule has 0 amide bonds. The topological polar surface area (TPSA) is 89.3 Å². The fraction of sp³-hybridized carbons (Fsp3) is 0.400. The lowest BCUT2D eigenvalue weighted by Crippen LogP contribution is -2.26. The average molecular weight is 373 g/mol. The first-order valence-electron chi connectivity index (χ1n) is 5.28. The smallest absolute Gasteiger partial charge is 0.243 e. The molecule has 3 N–H and O–H groups in total. The zero-order chi connectivity index (χ0) is 14.6. The van der Waals surface area contributed by atoms with Crippen molar-refractivity contribution in [2.45, 2.75) is 11.3 Å². The number of halogens is 2. The average Bonchev–Trinajstić information content (AvgIpc) is 2.29. The van der Waals surface area contributed by atoms with Crippen LogP contribution in [0.2, 0.25) is 0 Å². The molecule has 19 heavy (non-hydrogen) atoms. The van der Waals surface area contributed by atoms with Crippen LogP contribution in [0.25, 0.3) is 0 Å². The van der Waals surface area contributed by atoms with Crippen LogP contribution in [0.15, 0.2) is 21.5 Å². The second-order valence-electron chi connectivity index (χ2n) is 3.83. The maximum Gasteiger partial charge on any atom is 0.243 e. The monoisotopic (exact) mass is 372 g/mol. The third-order valence-electron chi connectivity index (χ3n) is 2.24. The van der Waals surface area contributed by atoms with Crippen LogP contribution in [-0.4, -0.2) is 31.2 Å². The molecule has 0 aliphatic carbocycles. The molecule has 1 rings (SSSR count). The molecular formula is C10H14BrFN2O3S2. The highest BCUT2D eigenvalue weighted by Gasteiger charge is 2.20. The van der Waals surface area contributed by atoms with Gasteiger partial charge in [-0.25, -0.2) is 17.5 Å². The van der Waals surface area contributed by atoms with E-state index in [0.29, 0.717) is 16.6 Å². The Morgan fingerprint density at radius 3 is 2.68 bits per heavy atom. The van der Waals surface area contributed by atoms with Gasteiger partial charge in [-0.15, -0.1) is 0 Å². The van der Waals surface area contributed by atoms with Gasteiger partial charge in [0.1, 0.15) is 10.7 Å². The van der Waals surface area contributed by atoms with Crippen LogP contribution in [0.5, 0.6) is 0 Å². The predicted molar refractivity (Wildman–Crippen MR) is 77.3 cm³/mol. The molecule has 1 aromatic carbocycles. The van der Waals surface area contributed by atoms with Crippen LogP contribution in [0.3, 0.4) is 0 Å². The third kappa shape index (κ3) is 4.83. The van der Waals surface area contributed by atoms with Crippen molar-refractivity contribution in [3.8, 4) is 0 Å². The lowest BCUT2D eigenvalue weighted by molar-refractivity contribution is 0.556. The van der Waals surface area contributed by atoms with Gasteiger partial charge in [-0.1, -0.05) is 0 Å². The lowest BCUT2D eigenvalue weighted by atomic mass is 10.3. The highest BCUT2D eigenvalue weighted by Crippen LogP contribution is 2.25. The normalized spacial score (nSPS) is 13.4. The van der Waals surface area contributed by atoms with Crippen molar-refractivity contribution in [2.75, 3.05) is 24.3 Å². The minimum atomic E-state index is -3.95. The first kappa shape index (κ1) is 16.5. The standard InChI is InChI=1S/C10H14BrFN2O3S2/c1-18(15)4-2-3-14-19(16,17)10-6-9(13)7(11)5-8(10)12/h5-6,14H,2-4,13H2,1H3. The Morgan fingerprint density at radius 2 is 2.11 bits per heavy atom. The Labute approximate surface area is 122 Å². The Bertz CT molecular complexity index is 593. The molecule has 0 aliphatic rings. The highest BCUT2D eigenvalue weighted by atomic mass is 79.9. The van der Waals surface area contributed by atoms with Gasteiger partial charge in [-0.3, -0.25) is 4.21 Å². The summed E-state index contributed by atoms with van der Waals surface area (Å²) < 4.78 is 50.7. The molecule has 0 saturated carbocycles. The SMILES string of the molecule is CS(=O)CCCNS(=O)(=O)c1cc(N)c(Br)cc1F. The molecule has 1 aromatic rings. The van der Waals surface area contributed by atoms with Gasteiger partial charge in [0.15, 0.2) is 0 Å². The molecule has 0 heterocycles. The summed E-state index contributed by atoms with van der Waals surface area (Å²) in [4.78, 5) is -0.495. The van der Waals surface area contributed by atoms with Crippen molar-refractivity contribution in [2.24, 2.45) is 0 Å². The Morgan fingerprint density at radius 1 is 1.47 bits per heavy atom. The van der Waals surface area contributed by atoms with Crippen molar-refractivity contribution in [3.63, 3.8) is 0 Å². The zero-order valence-corrected chi connectivity index (χ0v) is 13.4. The molecular weight excluding hydrogens is 359 g/mol. The molecule has 0 radical (unpaired) electrons. The number of nitrogens with one attached hydrogen (secondary N) is 1. The Hall–Kier alpha value is -0.510. The number of sulfonamides is 1. The quantitative estimate of drug-likeness (QED) is 0.580. The number of anilines is 1. The minimum Gasteiger partial charge on any atom is -0.398 e. The summed E-state index contributed by atoms with van der Waals surface area (Å²) in [6.45, 7) is 0.0946. The Balaban J connectivity index is 2.83. The van der Waals surface area contributed by atoms with Gasteiger partial charge in [0.2, 0.25) is 10.0 Å². The van der Waals surface area contributed by atoms with Crippen LogP contribution >= 0.6 is 15.9 Å². The summed E-state index contributed by atoms with van der Waals surface area (Å²) in [6.07, 6.45) is 1.94. The van der Waals surface area contributed by atoms with E-state index in [4.69, 9.17) is 5.73 Å². The summed E-state index contributed by atoms with van der Waals surface area (Å²) >= 11 is 3.01. The van der Waals surface area contributed by atoms with E-state index in [2.05, 4.69) is 20.7 Å². The van der Waals surface area contributed by atoms with Gasteiger partial charge < -0.3 is 5.73 Å². The van der Waals surface area contributed by atoms with Gasteiger partial charge in [0.05, 0.1) is 0 Å². The summed E-state index contributed by atoms with van der Waals surface area (Å²) in [6, 6.07) is 2.06. The fourth-order valence-corrected chi connectivity index (χ4v) is 3.34. The molecule has 1 unspecified atom stereocenters. The minimum absolute atomic E-state index is 0.0946. The van der Waals surface area contributed by atoms with Crippen molar-refractivity contribution in [1.29, 1.82) is 0 Å². The second kappa shape index (κ2) is 6.78. The summed E-state index contributed by atoms with van der Waals surface area (Å²) in [5, 5.41) is 0. The van der Waals surface area contributed by atoms with Crippen molar-refractivity contribution < 1.29 is 17.0 Å². The van der Waals surface area contributed by atoms with E-state index in [-0.39, 0.29) is 12.2 Å². The van der Waals surface area contributed by atoms with Gasteiger partial charge in [-0.2, -0.15) is 0 Å². The van der Waals surface area contributed by atoms with Gasteiger partial charge in [0, 0.05) is 39.5 Å². The lowest BCUT2D eigenvalue weighted by Gasteiger charge is -2.09. The summed E-state index contributed by atoms with van der Waals surface area (Å²) in [5.74, 6) is -0.499. The number of rotatable bonds is 6. The number of hydrogen-bond donors (Lipinski definition) is 2. The van der Waals surface area contributed by atoms with Crippen LogP contribution in [0.4, 0.5) is 10.1 Å². The maximum atomic E-state index is 13.6. The largest absolute Gasteiger partial charge is 0.398 e. The fourth-order valence-electron chi connectivity index (χ4n) is 1.31. The molecule has 0 spiro atoms. The van der Waals surface area contributed by atoms with Gasteiger partial charge >= 0.3 is 0 Å². The van der Waals surface area contributed by atoms with Crippen molar-refractivity contribution in [3.05, 3.63) is 22.4 Å². The van der Waals surface area contributed by atoms with E-state index < -0.39 is 31.5 Å². The molecule has 9 heteroatoms. The van der Waals surface area contributed by atoms with E-state index in [1.807, 2.05) is 0 Å². The molecule has 5 nitrogen and oxygen atoms in total. The molecule has 0 fully saturated rings. The van der Waals surface area contributed by atoms with Crippen molar-refractivity contribution >= 4 is 42.4 Å². The molecule has 1 atom stereocenters. The van der Waals surface area contributed by atoms with E-state index in [9.17, 15) is 17.0 Å². The number of hydrogen-bond acceptors (Lipinski definition) is 4. The molecule has 0 aromatic heterocycles. The number of nitrogen functional groups attached to an aromatic ring is 1. The van der Waals surface area contributed by atoms with Crippen molar-refractivity contribution in [1.82, 2.24) is 4.72 Å². The third-order valence-corrected chi connectivity index (χ3v) is 5.27. The molecule has 0 aliphatic heterocycles. The second-order valence-corrected chi connectivity index (χ2v) is 7.98. The van der Waals surface area contributed by atoms with E-state index in [1.54, 1.807) is 0 Å². The van der Waals surface area contributed by atoms with E-state index in [0.717, 1.165) is 12.1 Å². The maximum absolute atomic E-state index is 13.6. The number of benzene rings is 1. The van der Waals surface area contributed by atoms with Gasteiger partial charge in [0.25, 0.3) is 0 Å². The van der Waals surface area contributed by atoms with Gasteiger partial charge in [-0.05, 0) is 34.5 Å². The Kier molecular flexibility index (Phi) is 5.90. The van der Waals surface area contributed by atoms with Crippen LogP contribution in [0.1, 0.15) is 6.42 Å². The summed E-state index contributed by atoms with van der Waals surface area (Å²) in [7, 11) is -4.94. The van der Waals surface area contributed by atoms with E-state index in [1.165, 1.54) is 6.26 Å². The predicted octanol–water partition coefficient (Wildman–Crippen LogP) is 1.22. The molecule has 0 saturated heterocycles. The first-order chi connectivity index (χ1) is 8.74. The summed E-state index contributed by atoms with van der Waals surface area (Å²) in [5.41, 5.74) is 5.67. The molecule has 0 bridgehead atoms. The van der Waals surface area contributed by atoms with Crippen LogP contribution in [-0.2, 0) is 20.8 Å². The van der Waals surface area contributed by atoms with E-state index >= 15 is 0 Å². The molecule has 108 valence electrons. The zero-order valence-electron chi connectivity index (χ0n) is 10.2. The first-order valence-corrected chi connectivity index (χ1v) is 9.28. The van der Waals surface area contributed by atoms with Crippen LogP contribution < -0.4 is 10.5 Å². The van der Waals surface area contributed by atoms with Crippen LogP contribution in [0, 0.1) is 5.82 Å². The highest BCUT2D eigenvalue weighted by molar-refractivity contribution is 9.10. The number of nitrogens with two attached hydrogens (primary N) is 1.